The Bertz CT molecular complexity index is 527. The molecule has 1 aliphatic carbocycles. The lowest BCUT2D eigenvalue weighted by Gasteiger charge is -2.09. The Kier molecular flexibility index (Phi) is 2.12. The van der Waals surface area contributed by atoms with Crippen LogP contribution < -0.4 is 0 Å². The van der Waals surface area contributed by atoms with Crippen LogP contribution in [0.25, 0.3) is 0 Å². The third kappa shape index (κ3) is 1.79. The summed E-state index contributed by atoms with van der Waals surface area (Å²) in [7, 11) is 0. The van der Waals surface area contributed by atoms with Crippen LogP contribution in [0.5, 0.6) is 0 Å². The fourth-order valence-corrected chi connectivity index (χ4v) is 2.24. The third-order valence-electron chi connectivity index (χ3n) is 3.23. The largest absolute Gasteiger partial charge is 0.458 e. The first-order chi connectivity index (χ1) is 9.47. The molecule has 0 radical (unpaired) electrons. The quantitative estimate of drug-likeness (QED) is 0.424. The van der Waals surface area contributed by atoms with Gasteiger partial charge >= 0.3 is 11.9 Å². The van der Waals surface area contributed by atoms with Crippen molar-refractivity contribution in [2.24, 2.45) is 5.92 Å². The third-order valence-corrected chi connectivity index (χ3v) is 3.23. The summed E-state index contributed by atoms with van der Waals surface area (Å²) in [4.78, 5) is 22.9. The molecule has 96 valence electrons. The summed E-state index contributed by atoms with van der Waals surface area (Å²) in [5.41, 5.74) is 0.699. The summed E-state index contributed by atoms with van der Waals surface area (Å²) < 4.78 is 30.9. The summed E-state index contributed by atoms with van der Waals surface area (Å²) in [6.45, 7) is 1.61. The van der Waals surface area contributed by atoms with Crippen LogP contribution in [0.3, 0.4) is 0 Å². The maximum Gasteiger partial charge on any atom is 0.337 e. The average molecular weight is 254 g/mol. The minimum atomic E-state index is -0.848. The van der Waals surface area contributed by atoms with Gasteiger partial charge in [0, 0.05) is 20.3 Å². The van der Waals surface area contributed by atoms with Crippen molar-refractivity contribution in [2.75, 3.05) is 0 Å². The highest BCUT2D eigenvalue weighted by molar-refractivity contribution is 5.91. The molecule has 2 unspecified atom stereocenters. The summed E-state index contributed by atoms with van der Waals surface area (Å²) in [6, 6.07) is 0. The number of carbonyl (C=O) groups is 2. The standard InChI is InChI=1S/C13H14O5/c1-7-5-11(18-12(7)14)16-6-9-8-3-2-4-10(8)17-13(9)15/h5-6,8,10-11H,2-4H2,1H3/b9-6+/t8-,10-,11+/m0/s1/i2T,3T/t2?,3?,8-,10-,11+. The van der Waals surface area contributed by atoms with Crippen LogP contribution in [0.15, 0.2) is 23.5 Å². The van der Waals surface area contributed by atoms with Crippen molar-refractivity contribution in [3.05, 3.63) is 23.5 Å². The number of carbonyl (C=O) groups excluding carboxylic acids is 2. The maximum absolute atomic E-state index is 11.7. The number of hydrogen-bond donors (Lipinski definition) is 0. The lowest BCUT2D eigenvalue weighted by Crippen LogP contribution is -2.11. The Hall–Kier alpha value is -1.78. The number of hydrogen-bond acceptors (Lipinski definition) is 5. The number of cyclic esters (lactones) is 1. The van der Waals surface area contributed by atoms with Crippen molar-refractivity contribution in [3.8, 4) is 0 Å². The molecule has 0 aromatic rings. The van der Waals surface area contributed by atoms with E-state index in [1.54, 1.807) is 6.92 Å². The predicted molar refractivity (Wildman–Crippen MR) is 60.0 cm³/mol. The van der Waals surface area contributed by atoms with Gasteiger partial charge in [0.05, 0.1) is 11.8 Å². The topological polar surface area (TPSA) is 61.8 Å². The van der Waals surface area contributed by atoms with E-state index in [9.17, 15) is 9.59 Å². The zero-order valence-corrected chi connectivity index (χ0v) is 9.79. The molecule has 3 aliphatic rings. The van der Waals surface area contributed by atoms with Crippen LogP contribution in [-0.2, 0) is 23.8 Å². The highest BCUT2D eigenvalue weighted by atomic mass is 16.7. The minimum Gasteiger partial charge on any atom is -0.458 e. The molecular formula is C13H14O5. The van der Waals surface area contributed by atoms with E-state index < -0.39 is 43.0 Å². The van der Waals surface area contributed by atoms with E-state index in [1.165, 1.54) is 12.3 Å². The fourth-order valence-electron chi connectivity index (χ4n) is 2.24. The highest BCUT2D eigenvalue weighted by Gasteiger charge is 2.43. The first kappa shape index (κ1) is 9.19. The second kappa shape index (κ2) is 4.15. The van der Waals surface area contributed by atoms with E-state index in [2.05, 4.69) is 0 Å². The van der Waals surface area contributed by atoms with Crippen molar-refractivity contribution in [2.45, 2.75) is 38.5 Å². The molecule has 3 rings (SSSR count). The molecule has 0 aromatic heterocycles. The van der Waals surface area contributed by atoms with E-state index >= 15 is 0 Å². The summed E-state index contributed by atoms with van der Waals surface area (Å²) in [6.07, 6.45) is 0.568. The molecule has 2 heterocycles. The molecule has 0 amide bonds. The Morgan fingerprint density at radius 1 is 1.44 bits per heavy atom. The molecule has 0 bridgehead atoms. The molecule has 5 heteroatoms. The van der Waals surface area contributed by atoms with Gasteiger partial charge in [-0.2, -0.15) is 0 Å². The number of ether oxygens (including phenoxy) is 3. The number of rotatable bonds is 2. The van der Waals surface area contributed by atoms with Gasteiger partial charge in [0.25, 0.3) is 6.29 Å². The van der Waals surface area contributed by atoms with Gasteiger partial charge < -0.3 is 14.2 Å². The zero-order valence-electron chi connectivity index (χ0n) is 11.8. The van der Waals surface area contributed by atoms with Crippen LogP contribution in [0.2, 0.25) is 0 Å². The molecule has 1 saturated carbocycles. The van der Waals surface area contributed by atoms with Crippen LogP contribution in [0.4, 0.5) is 0 Å². The van der Waals surface area contributed by atoms with Gasteiger partial charge in [0.2, 0.25) is 0 Å². The van der Waals surface area contributed by atoms with E-state index in [0.29, 0.717) is 12.0 Å². The van der Waals surface area contributed by atoms with E-state index in [1.807, 2.05) is 0 Å². The molecule has 0 aromatic carbocycles. The van der Waals surface area contributed by atoms with E-state index in [-0.39, 0.29) is 5.57 Å². The lowest BCUT2D eigenvalue weighted by atomic mass is 10.00. The Balaban J connectivity index is 1.74. The Labute approximate surface area is 107 Å². The number of fused-ring (bicyclic) bond motifs is 1. The molecule has 18 heavy (non-hydrogen) atoms. The molecule has 1 saturated heterocycles. The second-order valence-electron chi connectivity index (χ2n) is 4.47. The second-order valence-corrected chi connectivity index (χ2v) is 4.47. The van der Waals surface area contributed by atoms with E-state index in [0.717, 1.165) is 0 Å². The molecular weight excluding hydrogens is 236 g/mol. The molecule has 2 fully saturated rings. The smallest absolute Gasteiger partial charge is 0.337 e. The van der Waals surface area contributed by atoms with Gasteiger partial charge in [-0.25, -0.2) is 9.59 Å². The molecule has 0 spiro atoms. The van der Waals surface area contributed by atoms with Crippen molar-refractivity contribution >= 4 is 11.9 Å². The van der Waals surface area contributed by atoms with Crippen LogP contribution >= 0.6 is 0 Å². The SMILES string of the molecule is [3H]C1C[C@@H]2OC(=O)/C(=C/O[C@H]3C=C(C)C(=O)O3)[C@@H]2C1[3H]. The monoisotopic (exact) mass is 254 g/mol. The summed E-state index contributed by atoms with van der Waals surface area (Å²) in [5, 5.41) is 0. The van der Waals surface area contributed by atoms with Crippen molar-refractivity contribution in [1.82, 2.24) is 0 Å². The van der Waals surface area contributed by atoms with Gasteiger partial charge in [-0.05, 0) is 26.1 Å². The first-order valence-corrected chi connectivity index (χ1v) is 5.78. The minimum absolute atomic E-state index is 0.249. The summed E-state index contributed by atoms with van der Waals surface area (Å²) >= 11 is 0. The van der Waals surface area contributed by atoms with Gasteiger partial charge in [-0.15, -0.1) is 0 Å². The fraction of sp³-hybridized carbons (Fsp3) is 0.538. The van der Waals surface area contributed by atoms with Gasteiger partial charge in [0.15, 0.2) is 0 Å². The van der Waals surface area contributed by atoms with Crippen LogP contribution in [-0.4, -0.2) is 24.3 Å². The maximum atomic E-state index is 11.7. The van der Waals surface area contributed by atoms with Crippen molar-refractivity contribution in [1.29, 1.82) is 0 Å². The molecule has 0 N–H and O–H groups in total. The van der Waals surface area contributed by atoms with Crippen LogP contribution in [0.1, 0.15) is 28.9 Å². The van der Waals surface area contributed by atoms with Crippen LogP contribution in [0, 0.1) is 5.92 Å². The first-order valence-electron chi connectivity index (χ1n) is 6.93. The molecule has 5 atom stereocenters. The highest BCUT2D eigenvalue weighted by Crippen LogP contribution is 2.40. The normalized spacial score (nSPS) is 46.2. The predicted octanol–water partition coefficient (Wildman–Crippen LogP) is 1.44. The van der Waals surface area contributed by atoms with Crippen molar-refractivity contribution < 1.29 is 26.5 Å². The average Bonchev–Trinajstić information content (AvgIpc) is 2.95. The van der Waals surface area contributed by atoms with Crippen molar-refractivity contribution in [3.63, 3.8) is 0 Å². The van der Waals surface area contributed by atoms with Gasteiger partial charge in [-0.3, -0.25) is 0 Å². The van der Waals surface area contributed by atoms with Gasteiger partial charge in [-0.1, -0.05) is 0 Å². The zero-order chi connectivity index (χ0) is 14.4. The van der Waals surface area contributed by atoms with Gasteiger partial charge in [0.1, 0.15) is 6.10 Å². The Morgan fingerprint density at radius 2 is 2.28 bits per heavy atom. The Morgan fingerprint density at radius 3 is 3.00 bits per heavy atom. The number of esters is 2. The lowest BCUT2D eigenvalue weighted by molar-refractivity contribution is -0.152. The molecule has 5 nitrogen and oxygen atoms in total. The summed E-state index contributed by atoms with van der Waals surface area (Å²) in [5.74, 6) is -1.41. The molecule has 2 aliphatic heterocycles. The van der Waals surface area contributed by atoms with E-state index in [4.69, 9.17) is 17.0 Å².